The first-order chi connectivity index (χ1) is 9.46. The largest absolute Gasteiger partial charge is 0.496 e. The van der Waals surface area contributed by atoms with Gasteiger partial charge in [0.1, 0.15) is 16.9 Å². The Morgan fingerprint density at radius 3 is 2.70 bits per heavy atom. The molecule has 1 heterocycles. The minimum atomic E-state index is -1.36. The van der Waals surface area contributed by atoms with Crippen LogP contribution in [0.25, 0.3) is 17.0 Å². The summed E-state index contributed by atoms with van der Waals surface area (Å²) >= 11 is 0. The maximum Gasteiger partial charge on any atom is 0.336 e. The maximum atomic E-state index is 11.4. The van der Waals surface area contributed by atoms with Crippen LogP contribution in [-0.2, 0) is 0 Å². The van der Waals surface area contributed by atoms with Crippen LogP contribution in [-0.4, -0.2) is 29.5 Å². The van der Waals surface area contributed by atoms with Crippen molar-refractivity contribution in [2.24, 2.45) is 0 Å². The Bertz CT molecular complexity index is 697. The molecule has 0 aliphatic carbocycles. The maximum absolute atomic E-state index is 11.4. The van der Waals surface area contributed by atoms with Gasteiger partial charge in [0.25, 0.3) is 0 Å². The van der Waals surface area contributed by atoms with Gasteiger partial charge in [-0.3, -0.25) is 0 Å². The van der Waals surface area contributed by atoms with Gasteiger partial charge in [-0.25, -0.2) is 4.79 Å². The van der Waals surface area contributed by atoms with Gasteiger partial charge in [-0.05, 0) is 31.2 Å². The number of benzene rings is 1. The summed E-state index contributed by atoms with van der Waals surface area (Å²) in [6, 6.07) is 6.52. The second-order valence-corrected chi connectivity index (χ2v) is 4.70. The SMILES string of the molecule is COc1ccc2ccc(=O)oc2c1C=C[C@@](C)(O)CO. The molecule has 0 amide bonds. The zero-order chi connectivity index (χ0) is 14.8. The Morgan fingerprint density at radius 1 is 1.35 bits per heavy atom. The molecule has 1 atom stereocenters. The molecule has 0 saturated carbocycles. The predicted octanol–water partition coefficient (Wildman–Crippen LogP) is 1.56. The molecule has 0 aliphatic rings. The number of fused-ring (bicyclic) bond motifs is 1. The molecule has 2 rings (SSSR count). The van der Waals surface area contributed by atoms with Gasteiger partial charge < -0.3 is 19.4 Å². The van der Waals surface area contributed by atoms with Crippen molar-refractivity contribution in [3.63, 3.8) is 0 Å². The average Bonchev–Trinajstić information content (AvgIpc) is 2.44. The molecule has 0 fully saturated rings. The number of hydrogen-bond acceptors (Lipinski definition) is 5. The Morgan fingerprint density at radius 2 is 2.05 bits per heavy atom. The fourth-order valence-electron chi connectivity index (χ4n) is 1.79. The van der Waals surface area contributed by atoms with Crippen LogP contribution in [0.15, 0.2) is 39.6 Å². The summed E-state index contributed by atoms with van der Waals surface area (Å²) in [5.41, 5.74) is -0.907. The molecule has 5 heteroatoms. The van der Waals surface area contributed by atoms with Gasteiger partial charge in [-0.15, -0.1) is 0 Å². The summed E-state index contributed by atoms with van der Waals surface area (Å²) in [5, 5.41) is 19.6. The van der Waals surface area contributed by atoms with E-state index in [9.17, 15) is 9.90 Å². The topological polar surface area (TPSA) is 79.9 Å². The van der Waals surface area contributed by atoms with Gasteiger partial charge >= 0.3 is 5.63 Å². The lowest BCUT2D eigenvalue weighted by molar-refractivity contribution is 0.0442. The van der Waals surface area contributed by atoms with Gasteiger partial charge in [0, 0.05) is 11.5 Å². The number of hydrogen-bond donors (Lipinski definition) is 2. The molecule has 106 valence electrons. The number of rotatable bonds is 4. The molecule has 20 heavy (non-hydrogen) atoms. The van der Waals surface area contributed by atoms with E-state index in [0.717, 1.165) is 5.39 Å². The molecule has 1 aromatic carbocycles. The van der Waals surface area contributed by atoms with Crippen molar-refractivity contribution in [1.29, 1.82) is 0 Å². The van der Waals surface area contributed by atoms with Crippen LogP contribution in [0.5, 0.6) is 5.75 Å². The molecule has 2 aromatic rings. The van der Waals surface area contributed by atoms with Gasteiger partial charge in [0.15, 0.2) is 0 Å². The first kappa shape index (κ1) is 14.3. The smallest absolute Gasteiger partial charge is 0.336 e. The normalized spacial score (nSPS) is 14.6. The van der Waals surface area contributed by atoms with Crippen molar-refractivity contribution < 1.29 is 19.4 Å². The second kappa shape index (κ2) is 5.48. The molecule has 0 aliphatic heterocycles. The number of methoxy groups -OCH3 is 1. The van der Waals surface area contributed by atoms with Crippen molar-refractivity contribution in [2.45, 2.75) is 12.5 Å². The molecule has 2 N–H and O–H groups in total. The molecule has 0 unspecified atom stereocenters. The predicted molar refractivity (Wildman–Crippen MR) is 75.8 cm³/mol. The average molecular weight is 276 g/mol. The molecular weight excluding hydrogens is 260 g/mol. The monoisotopic (exact) mass is 276 g/mol. The highest BCUT2D eigenvalue weighted by molar-refractivity contribution is 5.88. The fraction of sp³-hybridized carbons (Fsp3) is 0.267. The second-order valence-electron chi connectivity index (χ2n) is 4.70. The molecule has 0 saturated heterocycles. The Labute approximate surface area is 115 Å². The fourth-order valence-corrected chi connectivity index (χ4v) is 1.79. The summed E-state index contributed by atoms with van der Waals surface area (Å²) in [6.07, 6.45) is 3.00. The van der Waals surface area contributed by atoms with E-state index in [-0.39, 0.29) is 0 Å². The first-order valence-electron chi connectivity index (χ1n) is 6.10. The van der Waals surface area contributed by atoms with Crippen LogP contribution in [0.2, 0.25) is 0 Å². The van der Waals surface area contributed by atoms with Gasteiger partial charge in [0.05, 0.1) is 19.3 Å². The molecular formula is C15H16O5. The third-order valence-electron chi connectivity index (χ3n) is 2.94. The summed E-state index contributed by atoms with van der Waals surface area (Å²) in [6.45, 7) is 1.05. The van der Waals surface area contributed by atoms with Crippen LogP contribution < -0.4 is 10.4 Å². The van der Waals surface area contributed by atoms with Gasteiger partial charge in [0.2, 0.25) is 0 Å². The van der Waals surface area contributed by atoms with Crippen molar-refractivity contribution >= 4 is 17.0 Å². The van der Waals surface area contributed by atoms with Crippen LogP contribution in [0.1, 0.15) is 12.5 Å². The third-order valence-corrected chi connectivity index (χ3v) is 2.94. The lowest BCUT2D eigenvalue weighted by Crippen LogP contribution is -2.25. The Kier molecular flexibility index (Phi) is 3.92. The van der Waals surface area contributed by atoms with E-state index < -0.39 is 17.8 Å². The molecule has 0 bridgehead atoms. The van der Waals surface area contributed by atoms with Gasteiger partial charge in [-0.2, -0.15) is 0 Å². The van der Waals surface area contributed by atoms with Crippen LogP contribution in [0.3, 0.4) is 0 Å². The van der Waals surface area contributed by atoms with E-state index in [2.05, 4.69) is 0 Å². The van der Waals surface area contributed by atoms with Gasteiger partial charge in [-0.1, -0.05) is 6.08 Å². The highest BCUT2D eigenvalue weighted by Crippen LogP contribution is 2.29. The number of aliphatic hydroxyl groups is 2. The first-order valence-corrected chi connectivity index (χ1v) is 6.10. The summed E-state index contributed by atoms with van der Waals surface area (Å²) < 4.78 is 10.4. The molecule has 1 aromatic heterocycles. The third kappa shape index (κ3) is 2.89. The van der Waals surface area contributed by atoms with E-state index in [0.29, 0.717) is 16.9 Å². The van der Waals surface area contributed by atoms with E-state index >= 15 is 0 Å². The van der Waals surface area contributed by atoms with E-state index in [4.69, 9.17) is 14.3 Å². The van der Waals surface area contributed by atoms with E-state index in [1.54, 1.807) is 24.3 Å². The van der Waals surface area contributed by atoms with E-state index in [1.165, 1.54) is 26.2 Å². The lowest BCUT2D eigenvalue weighted by atomic mass is 10.0. The summed E-state index contributed by atoms with van der Waals surface area (Å²) in [7, 11) is 1.50. The van der Waals surface area contributed by atoms with Crippen molar-refractivity contribution in [3.05, 3.63) is 46.3 Å². The van der Waals surface area contributed by atoms with Crippen molar-refractivity contribution in [3.8, 4) is 5.75 Å². The minimum Gasteiger partial charge on any atom is -0.496 e. The lowest BCUT2D eigenvalue weighted by Gasteiger charge is -2.15. The van der Waals surface area contributed by atoms with Crippen LogP contribution in [0, 0.1) is 0 Å². The standard InChI is InChI=1S/C15H16O5/c1-15(18,9-16)8-7-11-12(19-2)5-3-10-4-6-13(17)20-14(10)11/h3-8,16,18H,9H2,1-2H3/t15-/m1/s1. The number of aliphatic hydroxyl groups excluding tert-OH is 1. The summed E-state index contributed by atoms with van der Waals surface area (Å²) in [4.78, 5) is 11.4. The number of ether oxygens (including phenoxy) is 1. The zero-order valence-electron chi connectivity index (χ0n) is 11.3. The molecule has 5 nitrogen and oxygen atoms in total. The Balaban J connectivity index is 2.65. The highest BCUT2D eigenvalue weighted by Gasteiger charge is 2.15. The summed E-state index contributed by atoms with van der Waals surface area (Å²) in [5.74, 6) is 0.511. The van der Waals surface area contributed by atoms with Crippen LogP contribution >= 0.6 is 0 Å². The van der Waals surface area contributed by atoms with Crippen molar-refractivity contribution in [2.75, 3.05) is 13.7 Å². The van der Waals surface area contributed by atoms with Crippen molar-refractivity contribution in [1.82, 2.24) is 0 Å². The molecule has 0 spiro atoms. The molecule has 0 radical (unpaired) electrons. The van der Waals surface area contributed by atoms with E-state index in [1.807, 2.05) is 0 Å². The zero-order valence-corrected chi connectivity index (χ0v) is 11.3. The van der Waals surface area contributed by atoms with Crippen LogP contribution in [0.4, 0.5) is 0 Å². The Hall–Kier alpha value is -2.11. The highest BCUT2D eigenvalue weighted by atomic mass is 16.5. The quantitative estimate of drug-likeness (QED) is 0.828. The minimum absolute atomic E-state index is 0.377.